The van der Waals surface area contributed by atoms with E-state index in [1.807, 2.05) is 0 Å². The van der Waals surface area contributed by atoms with E-state index in [1.165, 1.54) is 0 Å². The van der Waals surface area contributed by atoms with E-state index in [2.05, 4.69) is 0 Å². The summed E-state index contributed by atoms with van der Waals surface area (Å²) in [6, 6.07) is 3.37. The minimum atomic E-state index is 0.389. The molecule has 0 amide bonds. The first-order chi connectivity index (χ1) is 5.69. The van der Waals surface area contributed by atoms with Gasteiger partial charge in [0.1, 0.15) is 5.75 Å². The molecule has 2 N–H and O–H groups in total. The van der Waals surface area contributed by atoms with E-state index in [0.29, 0.717) is 22.3 Å². The third-order valence-electron chi connectivity index (χ3n) is 1.54. The molecule has 1 aromatic rings. The van der Waals surface area contributed by atoms with Crippen LogP contribution < -0.4 is 10.5 Å². The molecule has 0 unspecified atom stereocenters. The zero-order chi connectivity index (χ0) is 9.14. The Labute approximate surface area is 81.2 Å². The third kappa shape index (κ3) is 1.83. The lowest BCUT2D eigenvalue weighted by Gasteiger charge is -2.07. The van der Waals surface area contributed by atoms with Gasteiger partial charge in [0.2, 0.25) is 0 Å². The Morgan fingerprint density at radius 1 is 1.33 bits per heavy atom. The first-order valence-corrected chi connectivity index (χ1v) is 4.16. The third-order valence-corrected chi connectivity index (χ3v) is 2.27. The van der Waals surface area contributed by atoms with Crippen LogP contribution in [0.1, 0.15) is 5.56 Å². The number of nitrogens with two attached hydrogens (primary N) is 1. The summed E-state index contributed by atoms with van der Waals surface area (Å²) in [5.74, 6) is 0.673. The maximum atomic E-state index is 5.78. The van der Waals surface area contributed by atoms with Crippen LogP contribution in [0.3, 0.4) is 0 Å². The molecule has 0 radical (unpaired) electrons. The predicted molar refractivity (Wildman–Crippen MR) is 50.9 cm³/mol. The lowest BCUT2D eigenvalue weighted by Crippen LogP contribution is -1.99. The zero-order valence-electron chi connectivity index (χ0n) is 6.60. The van der Waals surface area contributed by atoms with Crippen LogP contribution in [-0.2, 0) is 6.54 Å². The molecule has 66 valence electrons. The molecule has 0 saturated carbocycles. The summed E-state index contributed by atoms with van der Waals surface area (Å²) in [4.78, 5) is 0. The van der Waals surface area contributed by atoms with Crippen molar-refractivity contribution in [1.82, 2.24) is 0 Å². The van der Waals surface area contributed by atoms with Crippen LogP contribution >= 0.6 is 23.2 Å². The molecule has 2 nitrogen and oxygen atoms in total. The van der Waals surface area contributed by atoms with Gasteiger partial charge in [-0.25, -0.2) is 0 Å². The molecule has 0 heterocycles. The van der Waals surface area contributed by atoms with Gasteiger partial charge < -0.3 is 10.5 Å². The minimum Gasteiger partial charge on any atom is -0.496 e. The Bertz CT molecular complexity index is 260. The van der Waals surface area contributed by atoms with E-state index in [1.54, 1.807) is 19.2 Å². The first-order valence-electron chi connectivity index (χ1n) is 3.41. The molecule has 0 aliphatic rings. The fraction of sp³-hybridized carbons (Fsp3) is 0.250. The smallest absolute Gasteiger partial charge is 0.124 e. The van der Waals surface area contributed by atoms with Crippen molar-refractivity contribution < 1.29 is 4.74 Å². The lowest BCUT2D eigenvalue weighted by molar-refractivity contribution is 0.410. The monoisotopic (exact) mass is 205 g/mol. The van der Waals surface area contributed by atoms with Crippen molar-refractivity contribution >= 4 is 23.2 Å². The summed E-state index contributed by atoms with van der Waals surface area (Å²) < 4.78 is 5.05. The number of methoxy groups -OCH3 is 1. The van der Waals surface area contributed by atoms with Crippen molar-refractivity contribution in [3.63, 3.8) is 0 Å². The van der Waals surface area contributed by atoms with Crippen molar-refractivity contribution in [2.45, 2.75) is 6.54 Å². The summed E-state index contributed by atoms with van der Waals surface area (Å²) in [6.45, 7) is 0.389. The quantitative estimate of drug-likeness (QED) is 0.806. The van der Waals surface area contributed by atoms with E-state index in [0.717, 1.165) is 5.56 Å². The van der Waals surface area contributed by atoms with Crippen LogP contribution in [0.4, 0.5) is 0 Å². The molecule has 0 bridgehead atoms. The standard InChI is InChI=1S/C8H9Cl2NO/c1-12-8-3-7(10)6(9)2-5(8)4-11/h2-3H,4,11H2,1H3. The molecule has 0 spiro atoms. The number of hydrogen-bond acceptors (Lipinski definition) is 2. The fourth-order valence-corrected chi connectivity index (χ4v) is 1.26. The Balaban J connectivity index is 3.19. The average molecular weight is 206 g/mol. The number of ether oxygens (including phenoxy) is 1. The van der Waals surface area contributed by atoms with Gasteiger partial charge >= 0.3 is 0 Å². The maximum absolute atomic E-state index is 5.78. The van der Waals surface area contributed by atoms with Crippen molar-refractivity contribution in [2.75, 3.05) is 7.11 Å². The van der Waals surface area contributed by atoms with Gasteiger partial charge in [0.05, 0.1) is 17.2 Å². The fourth-order valence-electron chi connectivity index (χ4n) is 0.919. The molecule has 0 atom stereocenters. The molecular weight excluding hydrogens is 197 g/mol. The summed E-state index contributed by atoms with van der Waals surface area (Å²) in [6.07, 6.45) is 0. The Morgan fingerprint density at radius 3 is 2.42 bits per heavy atom. The van der Waals surface area contributed by atoms with Crippen LogP contribution in [-0.4, -0.2) is 7.11 Å². The van der Waals surface area contributed by atoms with Crippen LogP contribution in [0.25, 0.3) is 0 Å². The van der Waals surface area contributed by atoms with Crippen molar-refractivity contribution in [2.24, 2.45) is 5.73 Å². The van der Waals surface area contributed by atoms with Gasteiger partial charge in [-0.05, 0) is 6.07 Å². The Hall–Kier alpha value is -0.440. The maximum Gasteiger partial charge on any atom is 0.124 e. The molecule has 0 fully saturated rings. The van der Waals surface area contributed by atoms with Gasteiger partial charge in [0.15, 0.2) is 0 Å². The summed E-state index contributed by atoms with van der Waals surface area (Å²) in [5, 5.41) is 0.976. The van der Waals surface area contributed by atoms with Gasteiger partial charge in [-0.15, -0.1) is 0 Å². The summed E-state index contributed by atoms with van der Waals surface area (Å²) >= 11 is 11.5. The van der Waals surface area contributed by atoms with Crippen molar-refractivity contribution in [3.8, 4) is 5.75 Å². The first kappa shape index (κ1) is 9.65. The molecule has 0 aliphatic carbocycles. The van der Waals surface area contributed by atoms with Crippen LogP contribution in [0.15, 0.2) is 12.1 Å². The van der Waals surface area contributed by atoms with E-state index in [4.69, 9.17) is 33.7 Å². The molecule has 0 aromatic heterocycles. The van der Waals surface area contributed by atoms with Crippen LogP contribution in [0, 0.1) is 0 Å². The van der Waals surface area contributed by atoms with Crippen LogP contribution in [0.2, 0.25) is 10.0 Å². The molecule has 12 heavy (non-hydrogen) atoms. The summed E-state index contributed by atoms with van der Waals surface area (Å²) in [5.41, 5.74) is 6.32. The second-order valence-corrected chi connectivity index (χ2v) is 3.10. The highest BCUT2D eigenvalue weighted by Crippen LogP contribution is 2.29. The van der Waals surface area contributed by atoms with Gasteiger partial charge in [0, 0.05) is 18.2 Å². The molecule has 0 saturated heterocycles. The normalized spacial score (nSPS) is 10.0. The minimum absolute atomic E-state index is 0.389. The lowest BCUT2D eigenvalue weighted by atomic mass is 10.2. The SMILES string of the molecule is COc1cc(Cl)c(Cl)cc1CN. The van der Waals surface area contributed by atoms with Gasteiger partial charge in [-0.2, -0.15) is 0 Å². The number of rotatable bonds is 2. The van der Waals surface area contributed by atoms with E-state index < -0.39 is 0 Å². The van der Waals surface area contributed by atoms with Crippen molar-refractivity contribution in [3.05, 3.63) is 27.7 Å². The van der Waals surface area contributed by atoms with Gasteiger partial charge in [-0.3, -0.25) is 0 Å². The van der Waals surface area contributed by atoms with Gasteiger partial charge in [-0.1, -0.05) is 23.2 Å². The van der Waals surface area contributed by atoms with Crippen molar-refractivity contribution in [1.29, 1.82) is 0 Å². The Kier molecular flexibility index (Phi) is 3.20. The Morgan fingerprint density at radius 2 is 1.92 bits per heavy atom. The average Bonchev–Trinajstić information content (AvgIpc) is 2.09. The van der Waals surface area contributed by atoms with Gasteiger partial charge in [0.25, 0.3) is 0 Å². The molecule has 1 aromatic carbocycles. The highest BCUT2D eigenvalue weighted by Gasteiger charge is 2.05. The largest absolute Gasteiger partial charge is 0.496 e. The molecule has 0 aliphatic heterocycles. The second-order valence-electron chi connectivity index (χ2n) is 2.28. The van der Waals surface area contributed by atoms with E-state index in [9.17, 15) is 0 Å². The highest BCUT2D eigenvalue weighted by molar-refractivity contribution is 6.42. The number of halogens is 2. The highest BCUT2D eigenvalue weighted by atomic mass is 35.5. The second kappa shape index (κ2) is 3.99. The molecule has 4 heteroatoms. The molecule has 1 rings (SSSR count). The summed E-state index contributed by atoms with van der Waals surface area (Å²) in [7, 11) is 1.57. The van der Waals surface area contributed by atoms with E-state index >= 15 is 0 Å². The molecular formula is C8H9Cl2NO. The van der Waals surface area contributed by atoms with E-state index in [-0.39, 0.29) is 0 Å². The van der Waals surface area contributed by atoms with Crippen LogP contribution in [0.5, 0.6) is 5.75 Å². The zero-order valence-corrected chi connectivity index (χ0v) is 8.12. The number of benzene rings is 1. The topological polar surface area (TPSA) is 35.2 Å². The predicted octanol–water partition coefficient (Wildman–Crippen LogP) is 2.46. The number of hydrogen-bond donors (Lipinski definition) is 1.